The van der Waals surface area contributed by atoms with E-state index in [0.29, 0.717) is 18.7 Å². The maximum absolute atomic E-state index is 13.9. The number of hydrogen-bond donors (Lipinski definition) is 1. The number of rotatable bonds is 12. The fraction of sp³-hybridized carbons (Fsp3) is 0.310. The molecule has 9 heteroatoms. The Hall–Kier alpha value is -3.85. The Morgan fingerprint density at radius 3 is 2.21 bits per heavy atom. The lowest BCUT2D eigenvalue weighted by molar-refractivity contribution is -0.138. The van der Waals surface area contributed by atoms with Crippen molar-refractivity contribution < 1.29 is 22.7 Å². The summed E-state index contributed by atoms with van der Waals surface area (Å²) in [5.41, 5.74) is 2.14. The molecule has 1 atom stereocenters. The van der Waals surface area contributed by atoms with Crippen molar-refractivity contribution >= 4 is 27.5 Å². The van der Waals surface area contributed by atoms with Crippen LogP contribution >= 0.6 is 0 Å². The molecule has 3 aromatic rings. The van der Waals surface area contributed by atoms with E-state index in [-0.39, 0.29) is 23.0 Å². The second-order valence-electron chi connectivity index (χ2n) is 8.89. The van der Waals surface area contributed by atoms with E-state index < -0.39 is 28.5 Å². The van der Waals surface area contributed by atoms with Gasteiger partial charge in [-0.2, -0.15) is 0 Å². The summed E-state index contributed by atoms with van der Waals surface area (Å²) in [5.74, 6) is -0.496. The molecule has 3 aromatic carbocycles. The van der Waals surface area contributed by atoms with Crippen LogP contribution in [0, 0.1) is 6.92 Å². The van der Waals surface area contributed by atoms with E-state index >= 15 is 0 Å². The third kappa shape index (κ3) is 6.92. The van der Waals surface area contributed by atoms with E-state index in [0.717, 1.165) is 15.4 Å². The van der Waals surface area contributed by atoms with Crippen molar-refractivity contribution in [2.75, 3.05) is 31.0 Å². The van der Waals surface area contributed by atoms with Crippen molar-refractivity contribution in [1.29, 1.82) is 0 Å². The number of para-hydroxylation sites is 2. The zero-order valence-corrected chi connectivity index (χ0v) is 23.1. The summed E-state index contributed by atoms with van der Waals surface area (Å²) in [7, 11) is -2.70. The predicted octanol–water partition coefficient (Wildman–Crippen LogP) is 3.79. The van der Waals surface area contributed by atoms with E-state index in [4.69, 9.17) is 4.74 Å². The molecule has 1 N–H and O–H groups in total. The normalized spacial score (nSPS) is 11.9. The average Bonchev–Trinajstić information content (AvgIpc) is 2.92. The lowest BCUT2D eigenvalue weighted by atomic mass is 10.1. The highest BCUT2D eigenvalue weighted by Crippen LogP contribution is 2.32. The van der Waals surface area contributed by atoms with Gasteiger partial charge in [0.25, 0.3) is 10.0 Å². The van der Waals surface area contributed by atoms with Crippen molar-refractivity contribution in [3.05, 3.63) is 90.0 Å². The number of benzene rings is 3. The number of amides is 2. The van der Waals surface area contributed by atoms with Gasteiger partial charge in [-0.05, 0) is 57.0 Å². The van der Waals surface area contributed by atoms with Crippen LogP contribution < -0.4 is 14.4 Å². The molecule has 0 aliphatic rings. The van der Waals surface area contributed by atoms with Crippen molar-refractivity contribution in [3.63, 3.8) is 0 Å². The third-order valence-corrected chi connectivity index (χ3v) is 8.02. The van der Waals surface area contributed by atoms with Crippen LogP contribution in [0.1, 0.15) is 25.0 Å². The number of sulfonamides is 1. The number of anilines is 1. The molecule has 0 aliphatic heterocycles. The lowest BCUT2D eigenvalue weighted by Gasteiger charge is -2.32. The van der Waals surface area contributed by atoms with E-state index in [2.05, 4.69) is 5.32 Å². The van der Waals surface area contributed by atoms with Crippen LogP contribution in [-0.4, -0.2) is 57.9 Å². The Labute approximate surface area is 225 Å². The van der Waals surface area contributed by atoms with Gasteiger partial charge in [-0.3, -0.25) is 13.9 Å². The molecular formula is C29H35N3O5S. The molecule has 202 valence electrons. The maximum Gasteiger partial charge on any atom is 0.264 e. The topological polar surface area (TPSA) is 96.0 Å². The van der Waals surface area contributed by atoms with Crippen molar-refractivity contribution in [1.82, 2.24) is 10.2 Å². The maximum atomic E-state index is 13.9. The van der Waals surface area contributed by atoms with Gasteiger partial charge in [0, 0.05) is 13.1 Å². The molecule has 8 nitrogen and oxygen atoms in total. The quantitative estimate of drug-likeness (QED) is 0.379. The number of nitrogens with one attached hydrogen (secondary N) is 1. The summed E-state index contributed by atoms with van der Waals surface area (Å²) in [4.78, 5) is 28.1. The number of carbonyl (C=O) groups is 2. The minimum atomic E-state index is -4.15. The first-order valence-electron chi connectivity index (χ1n) is 12.5. The number of methoxy groups -OCH3 is 1. The molecule has 0 bridgehead atoms. The van der Waals surface area contributed by atoms with E-state index in [1.807, 2.05) is 37.3 Å². The van der Waals surface area contributed by atoms with Gasteiger partial charge in [0.1, 0.15) is 18.3 Å². The van der Waals surface area contributed by atoms with Gasteiger partial charge in [0.15, 0.2) is 0 Å². The first kappa shape index (κ1) is 28.7. The van der Waals surface area contributed by atoms with Crippen LogP contribution in [0.4, 0.5) is 5.69 Å². The summed E-state index contributed by atoms with van der Waals surface area (Å²) in [6, 6.07) is 21.9. The average molecular weight is 538 g/mol. The van der Waals surface area contributed by atoms with Crippen molar-refractivity contribution in [2.24, 2.45) is 0 Å². The van der Waals surface area contributed by atoms with Crippen LogP contribution in [0.25, 0.3) is 0 Å². The minimum absolute atomic E-state index is 0.0504. The van der Waals surface area contributed by atoms with Gasteiger partial charge in [-0.1, -0.05) is 60.2 Å². The van der Waals surface area contributed by atoms with E-state index in [1.165, 1.54) is 24.1 Å². The highest BCUT2D eigenvalue weighted by molar-refractivity contribution is 7.92. The largest absolute Gasteiger partial charge is 0.495 e. The number of nitrogens with zero attached hydrogens (tertiary/aromatic N) is 2. The molecular weight excluding hydrogens is 502 g/mol. The summed E-state index contributed by atoms with van der Waals surface area (Å²) in [5, 5.41) is 2.76. The number of hydrogen-bond acceptors (Lipinski definition) is 5. The molecule has 0 unspecified atom stereocenters. The Kier molecular flexibility index (Phi) is 9.90. The molecule has 0 spiro atoms. The Morgan fingerprint density at radius 1 is 0.947 bits per heavy atom. The fourth-order valence-electron chi connectivity index (χ4n) is 4.08. The third-order valence-electron chi connectivity index (χ3n) is 6.24. The SMILES string of the molecule is CCNC(=O)[C@H](C)N(CCc1ccccc1)C(=O)CN(c1ccccc1OC)S(=O)(=O)c1ccc(C)cc1. The number of likely N-dealkylation sites (N-methyl/N-ethyl adjacent to an activating group) is 1. The molecule has 2 amide bonds. The van der Waals surface area contributed by atoms with Gasteiger partial charge in [0.2, 0.25) is 11.8 Å². The number of carbonyl (C=O) groups excluding carboxylic acids is 2. The highest BCUT2D eigenvalue weighted by Gasteiger charge is 2.33. The molecule has 3 rings (SSSR count). The molecule has 0 radical (unpaired) electrons. The van der Waals surface area contributed by atoms with Gasteiger partial charge in [0.05, 0.1) is 17.7 Å². The molecule has 38 heavy (non-hydrogen) atoms. The zero-order valence-electron chi connectivity index (χ0n) is 22.3. The molecule has 0 fully saturated rings. The monoisotopic (exact) mass is 537 g/mol. The summed E-state index contributed by atoms with van der Waals surface area (Å²) >= 11 is 0. The number of aryl methyl sites for hydroxylation is 1. The molecule has 0 aromatic heterocycles. The van der Waals surface area contributed by atoms with Gasteiger partial charge in [-0.15, -0.1) is 0 Å². The van der Waals surface area contributed by atoms with Crippen LogP contribution in [0.2, 0.25) is 0 Å². The van der Waals surface area contributed by atoms with Crippen LogP contribution in [-0.2, 0) is 26.0 Å². The highest BCUT2D eigenvalue weighted by atomic mass is 32.2. The number of ether oxygens (including phenoxy) is 1. The first-order chi connectivity index (χ1) is 18.2. The Bertz CT molecular complexity index is 1330. The molecule has 0 heterocycles. The second kappa shape index (κ2) is 13.1. The first-order valence-corrected chi connectivity index (χ1v) is 14.0. The Balaban J connectivity index is 2.01. The zero-order chi connectivity index (χ0) is 27.7. The minimum Gasteiger partial charge on any atom is -0.495 e. The van der Waals surface area contributed by atoms with Gasteiger partial charge in [-0.25, -0.2) is 8.42 Å². The molecule has 0 saturated heterocycles. The fourth-order valence-corrected chi connectivity index (χ4v) is 5.50. The summed E-state index contributed by atoms with van der Waals surface area (Å²) in [6.07, 6.45) is 0.510. The summed E-state index contributed by atoms with van der Waals surface area (Å²) in [6.45, 7) is 5.47. The van der Waals surface area contributed by atoms with E-state index in [9.17, 15) is 18.0 Å². The van der Waals surface area contributed by atoms with Crippen molar-refractivity contribution in [2.45, 2.75) is 38.1 Å². The van der Waals surface area contributed by atoms with Crippen LogP contribution in [0.5, 0.6) is 5.75 Å². The predicted molar refractivity (Wildman–Crippen MR) is 149 cm³/mol. The van der Waals surface area contributed by atoms with Gasteiger partial charge >= 0.3 is 0 Å². The molecule has 0 aliphatic carbocycles. The van der Waals surface area contributed by atoms with E-state index in [1.54, 1.807) is 50.2 Å². The van der Waals surface area contributed by atoms with Crippen molar-refractivity contribution in [3.8, 4) is 5.75 Å². The van der Waals surface area contributed by atoms with Gasteiger partial charge < -0.3 is 15.0 Å². The molecule has 0 saturated carbocycles. The van der Waals surface area contributed by atoms with Crippen LogP contribution in [0.3, 0.4) is 0 Å². The van der Waals surface area contributed by atoms with Crippen LogP contribution in [0.15, 0.2) is 83.8 Å². The smallest absolute Gasteiger partial charge is 0.264 e. The summed E-state index contributed by atoms with van der Waals surface area (Å²) < 4.78 is 34.3. The standard InChI is InChI=1S/C29H35N3O5S/c1-5-30-29(34)23(3)31(20-19-24-11-7-6-8-12-24)28(33)21-32(26-13-9-10-14-27(26)37-4)38(35,36)25-17-15-22(2)16-18-25/h6-18,23H,5,19-21H2,1-4H3,(H,30,34)/t23-/m0/s1. The lowest BCUT2D eigenvalue weighted by Crippen LogP contribution is -2.52. The second-order valence-corrected chi connectivity index (χ2v) is 10.8. The Morgan fingerprint density at radius 2 is 1.58 bits per heavy atom.